The molecule has 0 saturated carbocycles. The highest BCUT2D eigenvalue weighted by Gasteiger charge is 2.00. The molecule has 16 heavy (non-hydrogen) atoms. The van der Waals surface area contributed by atoms with Crippen LogP contribution in [0.1, 0.15) is 11.3 Å². The van der Waals surface area contributed by atoms with Gasteiger partial charge in [0.25, 0.3) is 0 Å². The molecule has 0 amide bonds. The zero-order valence-electron chi connectivity index (χ0n) is 8.54. The maximum atomic E-state index is 6.09. The number of aromatic nitrogens is 2. The van der Waals surface area contributed by atoms with E-state index in [-0.39, 0.29) is 0 Å². The van der Waals surface area contributed by atoms with Crippen LogP contribution in [0.15, 0.2) is 34.9 Å². The summed E-state index contributed by atoms with van der Waals surface area (Å²) in [4.78, 5) is 0. The summed E-state index contributed by atoms with van der Waals surface area (Å²) in [7, 11) is 1.86. The highest BCUT2D eigenvalue weighted by molar-refractivity contribution is 9.10. The SMILES string of the molecule is Cn1ccc(C#Cc2cccc(Br)c2Cl)n1. The van der Waals surface area contributed by atoms with E-state index in [9.17, 15) is 0 Å². The van der Waals surface area contributed by atoms with Crippen molar-refractivity contribution in [1.29, 1.82) is 0 Å². The first-order valence-corrected chi connectivity index (χ1v) is 5.79. The van der Waals surface area contributed by atoms with Crippen molar-refractivity contribution in [1.82, 2.24) is 9.78 Å². The van der Waals surface area contributed by atoms with Gasteiger partial charge in [-0.1, -0.05) is 23.6 Å². The normalized spacial score (nSPS) is 9.69. The Balaban J connectivity index is 2.34. The lowest BCUT2D eigenvalue weighted by atomic mass is 10.2. The van der Waals surface area contributed by atoms with Crippen LogP contribution < -0.4 is 0 Å². The van der Waals surface area contributed by atoms with E-state index in [4.69, 9.17) is 11.6 Å². The molecule has 0 saturated heterocycles. The molecule has 2 nitrogen and oxygen atoms in total. The lowest BCUT2D eigenvalue weighted by Gasteiger charge is -1.96. The summed E-state index contributed by atoms with van der Waals surface area (Å²) in [5, 5.41) is 4.80. The molecule has 80 valence electrons. The van der Waals surface area contributed by atoms with Crippen LogP contribution in [-0.2, 0) is 7.05 Å². The van der Waals surface area contributed by atoms with Gasteiger partial charge in [-0.3, -0.25) is 4.68 Å². The van der Waals surface area contributed by atoms with Crippen molar-refractivity contribution in [2.75, 3.05) is 0 Å². The Morgan fingerprint density at radius 3 is 2.81 bits per heavy atom. The molecule has 0 aliphatic rings. The minimum absolute atomic E-state index is 0.630. The van der Waals surface area contributed by atoms with Crippen LogP contribution in [-0.4, -0.2) is 9.78 Å². The summed E-state index contributed by atoms with van der Waals surface area (Å²) >= 11 is 9.45. The Kier molecular flexibility index (Phi) is 3.33. The molecule has 0 radical (unpaired) electrons. The van der Waals surface area contributed by atoms with E-state index >= 15 is 0 Å². The highest BCUT2D eigenvalue weighted by atomic mass is 79.9. The molecule has 1 heterocycles. The van der Waals surface area contributed by atoms with Gasteiger partial charge in [-0.15, -0.1) is 0 Å². The predicted molar refractivity (Wildman–Crippen MR) is 68.3 cm³/mol. The molecule has 1 aromatic heterocycles. The van der Waals surface area contributed by atoms with Crippen LogP contribution in [0.5, 0.6) is 0 Å². The Morgan fingerprint density at radius 1 is 1.31 bits per heavy atom. The van der Waals surface area contributed by atoms with Crippen LogP contribution in [0.25, 0.3) is 0 Å². The molecule has 2 rings (SSSR count). The van der Waals surface area contributed by atoms with Gasteiger partial charge in [0.05, 0.1) is 5.02 Å². The third-order valence-corrected chi connectivity index (χ3v) is 3.29. The fourth-order valence-corrected chi connectivity index (χ4v) is 1.75. The quantitative estimate of drug-likeness (QED) is 0.682. The first-order chi connectivity index (χ1) is 7.66. The molecular formula is C12H8BrClN2. The lowest BCUT2D eigenvalue weighted by Crippen LogP contribution is -1.87. The molecule has 0 aliphatic heterocycles. The fourth-order valence-electron chi connectivity index (χ4n) is 1.21. The van der Waals surface area contributed by atoms with Gasteiger partial charge in [0, 0.05) is 23.3 Å². The van der Waals surface area contributed by atoms with E-state index in [1.807, 2.05) is 37.5 Å². The Morgan fingerprint density at radius 2 is 2.12 bits per heavy atom. The molecule has 0 N–H and O–H groups in total. The maximum absolute atomic E-state index is 6.09. The third-order valence-electron chi connectivity index (χ3n) is 1.99. The van der Waals surface area contributed by atoms with E-state index in [0.29, 0.717) is 5.02 Å². The minimum Gasteiger partial charge on any atom is -0.275 e. The zero-order valence-corrected chi connectivity index (χ0v) is 10.9. The van der Waals surface area contributed by atoms with Gasteiger partial charge in [-0.25, -0.2) is 0 Å². The highest BCUT2D eigenvalue weighted by Crippen LogP contribution is 2.25. The molecule has 0 fully saturated rings. The topological polar surface area (TPSA) is 17.8 Å². The molecule has 2 aromatic rings. The van der Waals surface area contributed by atoms with E-state index in [0.717, 1.165) is 15.7 Å². The Bertz CT molecular complexity index is 578. The monoisotopic (exact) mass is 294 g/mol. The smallest absolute Gasteiger partial charge is 0.135 e. The van der Waals surface area contributed by atoms with Crippen molar-refractivity contribution in [2.24, 2.45) is 7.05 Å². The molecule has 0 atom stereocenters. The Hall–Kier alpha value is -1.24. The van der Waals surface area contributed by atoms with Crippen LogP contribution in [0.3, 0.4) is 0 Å². The molecule has 4 heteroatoms. The van der Waals surface area contributed by atoms with Crippen molar-refractivity contribution in [3.63, 3.8) is 0 Å². The maximum Gasteiger partial charge on any atom is 0.135 e. The van der Waals surface area contributed by atoms with Gasteiger partial charge in [0.2, 0.25) is 0 Å². The second-order valence-corrected chi connectivity index (χ2v) is 4.46. The Labute approximate surface area is 107 Å². The molecule has 1 aromatic carbocycles. The standard InChI is InChI=1S/C12H8BrClN2/c1-16-8-7-10(15-16)6-5-9-3-2-4-11(13)12(9)14/h2-4,7-8H,1H3. The fraction of sp³-hybridized carbons (Fsp3) is 0.0833. The number of rotatable bonds is 0. The average molecular weight is 296 g/mol. The molecule has 0 aliphatic carbocycles. The zero-order chi connectivity index (χ0) is 11.5. The summed E-state index contributed by atoms with van der Waals surface area (Å²) in [5.41, 5.74) is 1.53. The summed E-state index contributed by atoms with van der Waals surface area (Å²) in [6.07, 6.45) is 1.85. The molecule has 0 spiro atoms. The molecule has 0 unspecified atom stereocenters. The average Bonchev–Trinajstić information content (AvgIpc) is 2.67. The van der Waals surface area contributed by atoms with Gasteiger partial charge < -0.3 is 0 Å². The summed E-state index contributed by atoms with van der Waals surface area (Å²) < 4.78 is 2.56. The van der Waals surface area contributed by atoms with Crippen molar-refractivity contribution in [3.05, 3.63) is 51.2 Å². The lowest BCUT2D eigenvalue weighted by molar-refractivity contribution is 0.764. The van der Waals surface area contributed by atoms with Gasteiger partial charge in [-0.05, 0) is 40.0 Å². The van der Waals surface area contributed by atoms with Crippen molar-refractivity contribution in [3.8, 4) is 11.8 Å². The second kappa shape index (κ2) is 4.73. The van der Waals surface area contributed by atoms with E-state index in [2.05, 4.69) is 32.9 Å². The largest absolute Gasteiger partial charge is 0.275 e. The van der Waals surface area contributed by atoms with Crippen molar-refractivity contribution < 1.29 is 0 Å². The number of hydrogen-bond donors (Lipinski definition) is 0. The van der Waals surface area contributed by atoms with E-state index < -0.39 is 0 Å². The third kappa shape index (κ3) is 2.46. The van der Waals surface area contributed by atoms with E-state index in [1.54, 1.807) is 4.68 Å². The van der Waals surface area contributed by atoms with Gasteiger partial charge in [-0.2, -0.15) is 5.10 Å². The van der Waals surface area contributed by atoms with E-state index in [1.165, 1.54) is 0 Å². The van der Waals surface area contributed by atoms with Crippen molar-refractivity contribution in [2.45, 2.75) is 0 Å². The number of halogens is 2. The number of hydrogen-bond acceptors (Lipinski definition) is 1. The van der Waals surface area contributed by atoms with Gasteiger partial charge in [0.15, 0.2) is 0 Å². The second-order valence-electron chi connectivity index (χ2n) is 3.23. The van der Waals surface area contributed by atoms with Crippen molar-refractivity contribution >= 4 is 27.5 Å². The van der Waals surface area contributed by atoms with Crippen LogP contribution in [0.4, 0.5) is 0 Å². The minimum atomic E-state index is 0.630. The van der Waals surface area contributed by atoms with Gasteiger partial charge >= 0.3 is 0 Å². The van der Waals surface area contributed by atoms with Gasteiger partial charge in [0.1, 0.15) is 5.69 Å². The number of nitrogens with zero attached hydrogens (tertiary/aromatic N) is 2. The number of aryl methyl sites for hydroxylation is 1. The van der Waals surface area contributed by atoms with Crippen LogP contribution >= 0.6 is 27.5 Å². The number of benzene rings is 1. The summed E-state index contributed by atoms with van der Waals surface area (Å²) in [6, 6.07) is 7.52. The first-order valence-electron chi connectivity index (χ1n) is 4.62. The van der Waals surface area contributed by atoms with Crippen LogP contribution in [0, 0.1) is 11.8 Å². The summed E-state index contributed by atoms with van der Waals surface area (Å²) in [5.74, 6) is 5.96. The summed E-state index contributed by atoms with van der Waals surface area (Å²) in [6.45, 7) is 0. The predicted octanol–water partition coefficient (Wildman–Crippen LogP) is 3.24. The molecule has 0 bridgehead atoms. The first kappa shape index (κ1) is 11.3. The molecular weight excluding hydrogens is 288 g/mol. The van der Waals surface area contributed by atoms with Crippen LogP contribution in [0.2, 0.25) is 5.02 Å².